The van der Waals surface area contributed by atoms with E-state index in [0.29, 0.717) is 30.9 Å². The van der Waals surface area contributed by atoms with Gasteiger partial charge in [0.2, 0.25) is 5.91 Å². The Kier molecular flexibility index (Phi) is 5.84. The van der Waals surface area contributed by atoms with Crippen molar-refractivity contribution in [1.29, 1.82) is 0 Å². The Morgan fingerprint density at radius 3 is 2.80 bits per heavy atom. The van der Waals surface area contributed by atoms with Crippen molar-refractivity contribution in [1.82, 2.24) is 20.2 Å². The van der Waals surface area contributed by atoms with Crippen LogP contribution in [0.3, 0.4) is 0 Å². The lowest BCUT2D eigenvalue weighted by molar-refractivity contribution is -0.129. The van der Waals surface area contributed by atoms with Crippen molar-refractivity contribution in [2.75, 3.05) is 18.4 Å². The predicted octanol–water partition coefficient (Wildman–Crippen LogP) is 4.62. The number of fused-ring (bicyclic) bond motifs is 1. The summed E-state index contributed by atoms with van der Waals surface area (Å²) in [4.78, 5) is 35.8. The summed E-state index contributed by atoms with van der Waals surface area (Å²) in [6.45, 7) is 7.26. The van der Waals surface area contributed by atoms with E-state index in [2.05, 4.69) is 46.6 Å². The number of benzene rings is 1. The van der Waals surface area contributed by atoms with Crippen LogP contribution in [0.15, 0.2) is 78.3 Å². The van der Waals surface area contributed by atoms with Gasteiger partial charge in [0, 0.05) is 55.1 Å². The van der Waals surface area contributed by atoms with E-state index in [9.17, 15) is 9.59 Å². The van der Waals surface area contributed by atoms with E-state index in [-0.39, 0.29) is 23.3 Å². The fourth-order valence-electron chi connectivity index (χ4n) is 5.03. The van der Waals surface area contributed by atoms with Crippen molar-refractivity contribution < 1.29 is 9.59 Å². The zero-order valence-electron chi connectivity index (χ0n) is 20.2. The van der Waals surface area contributed by atoms with Gasteiger partial charge in [-0.15, -0.1) is 0 Å². The number of rotatable bonds is 4. The molecule has 2 N–H and O–H groups in total. The molecule has 1 aromatic carbocycles. The minimum Gasteiger partial charge on any atom is -0.345 e. The number of aromatic nitrogens is 2. The largest absolute Gasteiger partial charge is 0.345 e. The predicted molar refractivity (Wildman–Crippen MR) is 137 cm³/mol. The lowest BCUT2D eigenvalue weighted by Gasteiger charge is -2.42. The number of carbonyl (C=O) groups is 2. The molecule has 1 atom stereocenters. The number of anilines is 2. The molecule has 2 amide bonds. The Morgan fingerprint density at radius 2 is 1.97 bits per heavy atom. The molecule has 0 saturated heterocycles. The average molecular weight is 468 g/mol. The van der Waals surface area contributed by atoms with Crippen LogP contribution in [0.1, 0.15) is 37.6 Å². The number of hydrogen-bond donors (Lipinski definition) is 2. The zero-order valence-corrected chi connectivity index (χ0v) is 20.2. The fourth-order valence-corrected chi connectivity index (χ4v) is 5.03. The molecule has 2 aliphatic rings. The first kappa shape index (κ1) is 22.8. The van der Waals surface area contributed by atoms with E-state index in [1.54, 1.807) is 31.5 Å². The summed E-state index contributed by atoms with van der Waals surface area (Å²) >= 11 is 0. The van der Waals surface area contributed by atoms with E-state index in [1.165, 1.54) is 11.1 Å². The van der Waals surface area contributed by atoms with E-state index in [4.69, 9.17) is 0 Å². The second-order valence-corrected chi connectivity index (χ2v) is 9.88. The highest BCUT2D eigenvalue weighted by atomic mass is 16.2. The highest BCUT2D eigenvalue weighted by Crippen LogP contribution is 2.39. The van der Waals surface area contributed by atoms with Gasteiger partial charge in [-0.2, -0.15) is 0 Å². The van der Waals surface area contributed by atoms with Gasteiger partial charge < -0.3 is 15.5 Å². The van der Waals surface area contributed by atoms with E-state index >= 15 is 0 Å². The molecule has 3 aromatic rings. The van der Waals surface area contributed by atoms with Crippen LogP contribution < -0.4 is 10.6 Å². The summed E-state index contributed by atoms with van der Waals surface area (Å²) in [6.07, 6.45) is 10.1. The minimum absolute atomic E-state index is 0.0790. The monoisotopic (exact) mass is 467 g/mol. The van der Waals surface area contributed by atoms with Crippen molar-refractivity contribution in [3.63, 3.8) is 0 Å². The highest BCUT2D eigenvalue weighted by molar-refractivity contribution is 6.00. The molecule has 1 unspecified atom stereocenters. The van der Waals surface area contributed by atoms with Gasteiger partial charge in [0.25, 0.3) is 5.91 Å². The van der Waals surface area contributed by atoms with Crippen LogP contribution in [0.2, 0.25) is 0 Å². The molecule has 178 valence electrons. The highest BCUT2D eigenvalue weighted by Gasteiger charge is 2.36. The topological polar surface area (TPSA) is 87.2 Å². The normalized spacial score (nSPS) is 18.8. The van der Waals surface area contributed by atoms with Crippen molar-refractivity contribution in [3.8, 4) is 0 Å². The molecule has 0 bridgehead atoms. The maximum Gasteiger partial charge on any atom is 0.255 e. The smallest absolute Gasteiger partial charge is 0.255 e. The van der Waals surface area contributed by atoms with Crippen LogP contribution in [0.5, 0.6) is 0 Å². The fraction of sp³-hybridized carbons (Fsp3) is 0.286. The molecular formula is C28H29N5O2. The third-order valence-corrected chi connectivity index (χ3v) is 6.76. The lowest BCUT2D eigenvalue weighted by atomic mass is 9.74. The van der Waals surface area contributed by atoms with Gasteiger partial charge in [0.1, 0.15) is 5.82 Å². The molecule has 7 heteroatoms. The Bertz CT molecular complexity index is 1370. The molecule has 7 nitrogen and oxygen atoms in total. The van der Waals surface area contributed by atoms with Crippen molar-refractivity contribution in [2.45, 2.75) is 33.2 Å². The summed E-state index contributed by atoms with van der Waals surface area (Å²) in [6, 6.07) is 11.3. The van der Waals surface area contributed by atoms with Crippen LogP contribution in [-0.4, -0.2) is 45.8 Å². The summed E-state index contributed by atoms with van der Waals surface area (Å²) in [5.74, 6) is 0.380. The molecule has 2 aromatic heterocycles. The molecule has 3 heterocycles. The van der Waals surface area contributed by atoms with Crippen LogP contribution in [0.25, 0.3) is 10.8 Å². The number of nitrogens with zero attached hydrogens (tertiary/aromatic N) is 3. The Hall–Kier alpha value is -4.00. The maximum absolute atomic E-state index is 13.3. The number of amides is 2. The first-order valence-electron chi connectivity index (χ1n) is 11.8. The van der Waals surface area contributed by atoms with Gasteiger partial charge in [-0.25, -0.2) is 4.98 Å². The van der Waals surface area contributed by atoms with Gasteiger partial charge in [-0.05, 0) is 53.3 Å². The van der Waals surface area contributed by atoms with E-state index in [0.717, 1.165) is 16.5 Å². The first-order chi connectivity index (χ1) is 16.8. The summed E-state index contributed by atoms with van der Waals surface area (Å²) in [5, 5.41) is 8.53. The Labute approximate surface area is 205 Å². The van der Waals surface area contributed by atoms with E-state index in [1.807, 2.05) is 35.4 Å². The molecule has 0 radical (unpaired) electrons. The second-order valence-electron chi connectivity index (χ2n) is 9.88. The lowest BCUT2D eigenvalue weighted by Crippen LogP contribution is -2.46. The zero-order chi connectivity index (χ0) is 24.6. The minimum atomic E-state index is -0.194. The third kappa shape index (κ3) is 4.67. The summed E-state index contributed by atoms with van der Waals surface area (Å²) < 4.78 is 0. The summed E-state index contributed by atoms with van der Waals surface area (Å²) in [5.41, 5.74) is 3.68. The van der Waals surface area contributed by atoms with Crippen LogP contribution in [-0.2, 0) is 4.79 Å². The van der Waals surface area contributed by atoms with Crippen molar-refractivity contribution >= 4 is 34.1 Å². The standard InChI is InChI=1S/C28H29N5O2/c1-18(34)33-16-21-14-23(8-9-25(21)28(2,3)17-33)32-27(35)24-5-4-11-30-26(24)31-22-7-6-19-10-12-29-15-20(19)13-22/h4-13,15,23H,14,16-17H2,1-3H3,(H,30,31)(H,32,35). The van der Waals surface area contributed by atoms with Crippen LogP contribution in [0.4, 0.5) is 11.5 Å². The number of nitrogens with one attached hydrogen (secondary N) is 2. The molecule has 0 fully saturated rings. The average Bonchev–Trinajstić information content (AvgIpc) is 2.83. The van der Waals surface area contributed by atoms with E-state index < -0.39 is 0 Å². The Morgan fingerprint density at radius 1 is 1.11 bits per heavy atom. The van der Waals surface area contributed by atoms with Gasteiger partial charge in [0.05, 0.1) is 11.6 Å². The molecule has 5 rings (SSSR count). The van der Waals surface area contributed by atoms with Crippen molar-refractivity contribution in [2.24, 2.45) is 5.41 Å². The number of hydrogen-bond acceptors (Lipinski definition) is 5. The first-order valence-corrected chi connectivity index (χ1v) is 11.8. The molecule has 0 saturated carbocycles. The second kappa shape index (κ2) is 8.98. The van der Waals surface area contributed by atoms with Gasteiger partial charge >= 0.3 is 0 Å². The molecule has 1 aliphatic heterocycles. The SMILES string of the molecule is CC(=O)N1CC2=C(C=CC(NC(=O)c3cccnc3Nc3ccc4ccncc4c3)C2)C(C)(C)C1. The number of carbonyl (C=O) groups excluding carboxylic acids is 2. The quantitative estimate of drug-likeness (QED) is 0.585. The molecule has 1 aliphatic carbocycles. The van der Waals surface area contributed by atoms with Gasteiger partial charge in [0.15, 0.2) is 0 Å². The van der Waals surface area contributed by atoms with Crippen LogP contribution >= 0.6 is 0 Å². The molecule has 0 spiro atoms. The maximum atomic E-state index is 13.3. The van der Waals surface area contributed by atoms with Gasteiger partial charge in [-0.1, -0.05) is 32.1 Å². The molecular weight excluding hydrogens is 438 g/mol. The third-order valence-electron chi connectivity index (χ3n) is 6.76. The molecule has 35 heavy (non-hydrogen) atoms. The number of pyridine rings is 2. The summed E-state index contributed by atoms with van der Waals surface area (Å²) in [7, 11) is 0. The van der Waals surface area contributed by atoms with Crippen molar-refractivity contribution in [3.05, 3.63) is 83.9 Å². The number of allylic oxidation sites excluding steroid dienone is 1. The Balaban J connectivity index is 1.33. The van der Waals surface area contributed by atoms with Crippen LogP contribution in [0, 0.1) is 5.41 Å². The van der Waals surface area contributed by atoms with Gasteiger partial charge in [-0.3, -0.25) is 14.6 Å².